The molecule has 0 radical (unpaired) electrons. The molecule has 0 bridgehead atoms. The number of H-pyrrole nitrogens is 1. The summed E-state index contributed by atoms with van der Waals surface area (Å²) < 4.78 is 5.10. The predicted octanol–water partition coefficient (Wildman–Crippen LogP) is 2.91. The Morgan fingerprint density at radius 1 is 1.10 bits per heavy atom. The number of nitrogens with one attached hydrogen (secondary N) is 1. The third-order valence-corrected chi connectivity index (χ3v) is 3.25. The second kappa shape index (κ2) is 4.74. The van der Waals surface area contributed by atoms with E-state index < -0.39 is 5.43 Å². The second-order valence-electron chi connectivity index (χ2n) is 4.46. The molecule has 0 aliphatic carbocycles. The lowest BCUT2D eigenvalue weighted by Gasteiger charge is -2.08. The number of fused-ring (bicyclic) bond motifs is 1. The summed E-state index contributed by atoms with van der Waals surface area (Å²) >= 11 is 0. The van der Waals surface area contributed by atoms with Crippen molar-refractivity contribution >= 4 is 10.9 Å². The van der Waals surface area contributed by atoms with Gasteiger partial charge in [0.2, 0.25) is 5.43 Å². The van der Waals surface area contributed by atoms with Crippen LogP contribution in [0.3, 0.4) is 0 Å². The number of pyridine rings is 1. The van der Waals surface area contributed by atoms with E-state index in [1.807, 2.05) is 30.3 Å². The molecule has 3 aromatic rings. The first-order valence-electron chi connectivity index (χ1n) is 6.19. The number of aromatic nitrogens is 1. The molecule has 0 saturated carbocycles. The molecular weight excluding hydrogens is 254 g/mol. The zero-order valence-electron chi connectivity index (χ0n) is 10.9. The molecule has 2 aromatic carbocycles. The van der Waals surface area contributed by atoms with Gasteiger partial charge in [0.1, 0.15) is 5.75 Å². The fourth-order valence-corrected chi connectivity index (χ4v) is 2.20. The van der Waals surface area contributed by atoms with Crippen LogP contribution < -0.4 is 10.2 Å². The number of ether oxygens (including phenoxy) is 1. The molecule has 0 saturated heterocycles. The molecule has 20 heavy (non-hydrogen) atoms. The predicted molar refractivity (Wildman–Crippen MR) is 78.2 cm³/mol. The van der Waals surface area contributed by atoms with Gasteiger partial charge in [0, 0.05) is 5.56 Å². The van der Waals surface area contributed by atoms with E-state index in [1.54, 1.807) is 18.2 Å². The summed E-state index contributed by atoms with van der Waals surface area (Å²) in [4.78, 5) is 15.4. The van der Waals surface area contributed by atoms with Crippen LogP contribution in [0, 0.1) is 0 Å². The summed E-state index contributed by atoms with van der Waals surface area (Å²) in [6, 6.07) is 14.4. The zero-order chi connectivity index (χ0) is 14.1. The molecule has 0 unspecified atom stereocenters. The van der Waals surface area contributed by atoms with E-state index in [2.05, 4.69) is 4.98 Å². The van der Waals surface area contributed by atoms with Crippen molar-refractivity contribution < 1.29 is 9.84 Å². The van der Waals surface area contributed by atoms with E-state index in [4.69, 9.17) is 4.74 Å². The van der Waals surface area contributed by atoms with Crippen LogP contribution in [0.5, 0.6) is 11.5 Å². The zero-order valence-corrected chi connectivity index (χ0v) is 10.9. The molecule has 100 valence electrons. The SMILES string of the molecule is COc1ccc2[nH]c(-c3ccccc3)c(O)c(=O)c2c1. The number of hydrogen-bond donors (Lipinski definition) is 2. The lowest BCUT2D eigenvalue weighted by molar-refractivity contribution is 0.415. The maximum atomic E-state index is 12.3. The largest absolute Gasteiger partial charge is 0.503 e. The molecule has 4 nitrogen and oxygen atoms in total. The summed E-state index contributed by atoms with van der Waals surface area (Å²) in [5, 5.41) is 10.5. The standard InChI is InChI=1S/C16H13NO3/c1-20-11-7-8-13-12(9-11)15(18)16(19)14(17-13)10-5-3-2-4-6-10/h2-9,19H,1H3,(H,17,18). The first kappa shape index (κ1) is 12.3. The van der Waals surface area contributed by atoms with Gasteiger partial charge in [0.15, 0.2) is 5.75 Å². The third-order valence-electron chi connectivity index (χ3n) is 3.25. The van der Waals surface area contributed by atoms with Gasteiger partial charge in [-0.05, 0) is 18.2 Å². The average Bonchev–Trinajstić information content (AvgIpc) is 2.51. The summed E-state index contributed by atoms with van der Waals surface area (Å²) in [5.74, 6) is 0.298. The Balaban J connectivity index is 2.32. The molecule has 0 amide bonds. The Morgan fingerprint density at radius 2 is 1.85 bits per heavy atom. The third kappa shape index (κ3) is 1.91. The molecule has 0 aliphatic heterocycles. The van der Waals surface area contributed by atoms with Gasteiger partial charge in [-0.3, -0.25) is 4.79 Å². The van der Waals surface area contributed by atoms with E-state index >= 15 is 0 Å². The van der Waals surface area contributed by atoms with E-state index in [9.17, 15) is 9.90 Å². The van der Waals surface area contributed by atoms with Crippen molar-refractivity contribution in [2.75, 3.05) is 7.11 Å². The van der Waals surface area contributed by atoms with Crippen molar-refractivity contribution in [1.82, 2.24) is 4.98 Å². The molecule has 0 fully saturated rings. The quantitative estimate of drug-likeness (QED) is 0.750. The van der Waals surface area contributed by atoms with Gasteiger partial charge < -0.3 is 14.8 Å². The summed E-state index contributed by atoms with van der Waals surface area (Å²) in [6.45, 7) is 0. The van der Waals surface area contributed by atoms with Crippen LogP contribution in [0.4, 0.5) is 0 Å². The van der Waals surface area contributed by atoms with E-state index in [0.717, 1.165) is 5.56 Å². The summed E-state index contributed by atoms with van der Waals surface area (Å²) in [7, 11) is 1.54. The Kier molecular flexibility index (Phi) is 2.91. The number of benzene rings is 2. The Bertz CT molecular complexity index is 822. The maximum Gasteiger partial charge on any atom is 0.231 e. The molecule has 0 spiro atoms. The fraction of sp³-hybridized carbons (Fsp3) is 0.0625. The molecule has 3 rings (SSSR count). The highest BCUT2D eigenvalue weighted by atomic mass is 16.5. The minimum atomic E-state index is -0.406. The van der Waals surface area contributed by atoms with Crippen molar-refractivity contribution in [2.45, 2.75) is 0 Å². The number of rotatable bonds is 2. The molecule has 1 aromatic heterocycles. The molecule has 1 heterocycles. The highest BCUT2D eigenvalue weighted by Gasteiger charge is 2.12. The lowest BCUT2D eigenvalue weighted by Crippen LogP contribution is -2.05. The van der Waals surface area contributed by atoms with Crippen molar-refractivity contribution in [3.63, 3.8) is 0 Å². The first-order chi connectivity index (χ1) is 9.70. The molecule has 0 atom stereocenters. The Morgan fingerprint density at radius 3 is 2.55 bits per heavy atom. The highest BCUT2D eigenvalue weighted by molar-refractivity contribution is 5.85. The van der Waals surface area contributed by atoms with Crippen LogP contribution in [0.15, 0.2) is 53.3 Å². The normalized spacial score (nSPS) is 10.7. The number of aromatic amines is 1. The summed E-state index contributed by atoms with van der Waals surface area (Å²) in [6.07, 6.45) is 0. The van der Waals surface area contributed by atoms with Crippen molar-refractivity contribution in [1.29, 1.82) is 0 Å². The smallest absolute Gasteiger partial charge is 0.231 e. The van der Waals surface area contributed by atoms with Gasteiger partial charge in [0.25, 0.3) is 0 Å². The first-order valence-corrected chi connectivity index (χ1v) is 6.19. The van der Waals surface area contributed by atoms with Crippen LogP contribution in [0.1, 0.15) is 0 Å². The molecular formula is C16H13NO3. The summed E-state index contributed by atoms with van der Waals surface area (Å²) in [5.41, 5.74) is 1.44. The molecule has 0 aliphatic rings. The van der Waals surface area contributed by atoms with Gasteiger partial charge in [-0.15, -0.1) is 0 Å². The minimum Gasteiger partial charge on any atom is -0.503 e. The average molecular weight is 267 g/mol. The second-order valence-corrected chi connectivity index (χ2v) is 4.46. The fourth-order valence-electron chi connectivity index (χ4n) is 2.20. The van der Waals surface area contributed by atoms with E-state index in [0.29, 0.717) is 22.3 Å². The van der Waals surface area contributed by atoms with Crippen molar-refractivity contribution in [2.24, 2.45) is 0 Å². The van der Waals surface area contributed by atoms with Crippen molar-refractivity contribution in [3.05, 3.63) is 58.8 Å². The Hall–Kier alpha value is -2.75. The van der Waals surface area contributed by atoms with Crippen LogP contribution >= 0.6 is 0 Å². The number of aromatic hydroxyl groups is 1. The van der Waals surface area contributed by atoms with Gasteiger partial charge in [-0.25, -0.2) is 0 Å². The van der Waals surface area contributed by atoms with Crippen LogP contribution in [0.2, 0.25) is 0 Å². The topological polar surface area (TPSA) is 62.3 Å². The van der Waals surface area contributed by atoms with E-state index in [-0.39, 0.29) is 5.75 Å². The maximum absolute atomic E-state index is 12.3. The van der Waals surface area contributed by atoms with Crippen molar-refractivity contribution in [3.8, 4) is 22.8 Å². The minimum absolute atomic E-state index is 0.281. The van der Waals surface area contributed by atoms with E-state index in [1.165, 1.54) is 7.11 Å². The molecule has 4 heteroatoms. The van der Waals surface area contributed by atoms with Crippen LogP contribution in [-0.2, 0) is 0 Å². The van der Waals surface area contributed by atoms with Gasteiger partial charge in [0.05, 0.1) is 23.7 Å². The number of hydrogen-bond acceptors (Lipinski definition) is 3. The number of methoxy groups -OCH3 is 1. The molecule has 2 N–H and O–H groups in total. The van der Waals surface area contributed by atoms with Gasteiger partial charge >= 0.3 is 0 Å². The van der Waals surface area contributed by atoms with Crippen LogP contribution in [-0.4, -0.2) is 17.2 Å². The lowest BCUT2D eigenvalue weighted by atomic mass is 10.1. The monoisotopic (exact) mass is 267 g/mol. The van der Waals surface area contributed by atoms with Crippen LogP contribution in [0.25, 0.3) is 22.2 Å². The van der Waals surface area contributed by atoms with Gasteiger partial charge in [-0.2, -0.15) is 0 Å². The van der Waals surface area contributed by atoms with Gasteiger partial charge in [-0.1, -0.05) is 30.3 Å². The Labute approximate surface area is 115 Å². The highest BCUT2D eigenvalue weighted by Crippen LogP contribution is 2.27.